The number of aromatic nitrogens is 2. The van der Waals surface area contributed by atoms with Crippen molar-refractivity contribution in [3.8, 4) is 0 Å². The number of nitrogens with zero attached hydrogens (tertiary/aromatic N) is 5. The normalized spacial score (nSPS) is 16.2. The predicted molar refractivity (Wildman–Crippen MR) is 88.4 cm³/mol. The Labute approximate surface area is 139 Å². The molecular weight excluding hydrogens is 306 g/mol. The van der Waals surface area contributed by atoms with Gasteiger partial charge in [0.15, 0.2) is 6.17 Å². The van der Waals surface area contributed by atoms with E-state index in [0.717, 1.165) is 12.1 Å². The lowest BCUT2D eigenvalue weighted by molar-refractivity contribution is 0.0953. The molecule has 3 heterocycles. The van der Waals surface area contributed by atoms with Crippen LogP contribution >= 0.6 is 0 Å². The lowest BCUT2D eigenvalue weighted by Gasteiger charge is -2.14. The van der Waals surface area contributed by atoms with Gasteiger partial charge in [-0.3, -0.25) is 20.2 Å². The molecule has 24 heavy (non-hydrogen) atoms. The minimum Gasteiger partial charge on any atom is -0.352 e. The molecule has 0 fully saturated rings. The summed E-state index contributed by atoms with van der Waals surface area (Å²) in [5, 5.41) is 15.2. The summed E-state index contributed by atoms with van der Waals surface area (Å²) in [6, 6.07) is 8.94. The summed E-state index contributed by atoms with van der Waals surface area (Å²) in [4.78, 5) is 20.3. The Bertz CT molecular complexity index is 756. The van der Waals surface area contributed by atoms with Gasteiger partial charge in [0.1, 0.15) is 5.69 Å². The number of nitrogens with one attached hydrogen (secondary N) is 2. The number of rotatable bonds is 5. The van der Waals surface area contributed by atoms with Crippen molar-refractivity contribution in [3.63, 3.8) is 0 Å². The Morgan fingerprint density at radius 2 is 2.17 bits per heavy atom. The first kappa shape index (κ1) is 15.7. The number of hydrazone groups is 1. The largest absolute Gasteiger partial charge is 0.352 e. The monoisotopic (exact) mass is 323 g/mol. The maximum atomic E-state index is 11.8. The fourth-order valence-corrected chi connectivity index (χ4v) is 2.06. The van der Waals surface area contributed by atoms with E-state index >= 15 is 0 Å². The van der Waals surface area contributed by atoms with Crippen molar-refractivity contribution < 1.29 is 4.79 Å². The van der Waals surface area contributed by atoms with E-state index in [4.69, 9.17) is 0 Å². The van der Waals surface area contributed by atoms with Gasteiger partial charge in [0.2, 0.25) is 5.84 Å². The number of pyridine rings is 2. The number of carbonyl (C=O) groups is 1. The van der Waals surface area contributed by atoms with Crippen LogP contribution in [0.1, 0.15) is 41.3 Å². The molecule has 0 aromatic carbocycles. The minimum absolute atomic E-state index is 0.142. The Morgan fingerprint density at radius 3 is 2.79 bits per heavy atom. The molecule has 2 aromatic heterocycles. The summed E-state index contributed by atoms with van der Waals surface area (Å²) in [5.74, 6) is 0.221. The van der Waals surface area contributed by atoms with E-state index < -0.39 is 6.17 Å². The second-order valence-corrected chi connectivity index (χ2v) is 5.13. The summed E-state index contributed by atoms with van der Waals surface area (Å²) in [6.07, 6.45) is 3.67. The zero-order valence-corrected chi connectivity index (χ0v) is 13.2. The molecule has 0 saturated heterocycles. The highest BCUT2D eigenvalue weighted by Crippen LogP contribution is 2.16. The summed E-state index contributed by atoms with van der Waals surface area (Å²) < 4.78 is 0. The Hall–Kier alpha value is -3.16. The van der Waals surface area contributed by atoms with Crippen LogP contribution in [0.2, 0.25) is 0 Å². The van der Waals surface area contributed by atoms with Crippen LogP contribution in [0.5, 0.6) is 0 Å². The van der Waals surface area contributed by atoms with Gasteiger partial charge in [0, 0.05) is 18.9 Å². The van der Waals surface area contributed by atoms with Crippen LogP contribution in [0.25, 0.3) is 0 Å². The molecule has 122 valence electrons. The van der Waals surface area contributed by atoms with Gasteiger partial charge < -0.3 is 5.32 Å². The maximum absolute atomic E-state index is 11.8. The van der Waals surface area contributed by atoms with Crippen molar-refractivity contribution in [3.05, 3.63) is 59.7 Å². The lowest BCUT2D eigenvalue weighted by atomic mass is 10.2. The molecule has 2 aromatic rings. The summed E-state index contributed by atoms with van der Waals surface area (Å²) in [6.45, 7) is 2.64. The highest BCUT2D eigenvalue weighted by molar-refractivity contribution is 5.99. The highest BCUT2D eigenvalue weighted by atomic mass is 16.1. The van der Waals surface area contributed by atoms with Gasteiger partial charge >= 0.3 is 0 Å². The highest BCUT2D eigenvalue weighted by Gasteiger charge is 2.17. The second-order valence-electron chi connectivity index (χ2n) is 5.13. The molecule has 1 amide bonds. The molecule has 2 N–H and O–H groups in total. The molecule has 1 unspecified atom stereocenters. The average Bonchev–Trinajstić information content (AvgIpc) is 2.67. The predicted octanol–water partition coefficient (Wildman–Crippen LogP) is 2.03. The molecule has 1 aliphatic rings. The van der Waals surface area contributed by atoms with Crippen molar-refractivity contribution in [2.45, 2.75) is 19.5 Å². The second kappa shape index (κ2) is 7.40. The molecule has 0 spiro atoms. The van der Waals surface area contributed by atoms with Gasteiger partial charge in [-0.2, -0.15) is 10.2 Å². The third-order valence-corrected chi connectivity index (χ3v) is 3.32. The summed E-state index contributed by atoms with van der Waals surface area (Å²) in [5.41, 5.74) is 4.67. The van der Waals surface area contributed by atoms with Crippen molar-refractivity contribution in [2.75, 3.05) is 6.54 Å². The van der Waals surface area contributed by atoms with E-state index in [1.807, 2.05) is 25.1 Å². The fraction of sp³-hybridized carbons (Fsp3) is 0.250. The Kier molecular flexibility index (Phi) is 4.85. The van der Waals surface area contributed by atoms with Gasteiger partial charge in [-0.25, -0.2) is 0 Å². The first-order valence-corrected chi connectivity index (χ1v) is 7.67. The average molecular weight is 323 g/mol. The third kappa shape index (κ3) is 3.60. The van der Waals surface area contributed by atoms with Crippen LogP contribution in [0, 0.1) is 0 Å². The number of hydrogen-bond acceptors (Lipinski definition) is 7. The van der Waals surface area contributed by atoms with E-state index in [9.17, 15) is 4.79 Å². The topological polar surface area (TPSA) is 104 Å². The number of hydrogen-bond donors (Lipinski definition) is 2. The molecule has 8 nitrogen and oxygen atoms in total. The van der Waals surface area contributed by atoms with Crippen molar-refractivity contribution in [1.82, 2.24) is 20.7 Å². The van der Waals surface area contributed by atoms with Crippen LogP contribution in [0.4, 0.5) is 0 Å². The first-order chi connectivity index (χ1) is 11.8. The van der Waals surface area contributed by atoms with Crippen LogP contribution in [0.3, 0.4) is 0 Å². The quantitative estimate of drug-likeness (QED) is 0.878. The fourth-order valence-electron chi connectivity index (χ4n) is 2.06. The molecule has 0 radical (unpaired) electrons. The van der Waals surface area contributed by atoms with Gasteiger partial charge in [0.05, 0.1) is 11.3 Å². The van der Waals surface area contributed by atoms with Crippen molar-refractivity contribution >= 4 is 11.7 Å². The van der Waals surface area contributed by atoms with E-state index in [1.165, 1.54) is 6.20 Å². The molecule has 1 aliphatic heterocycles. The molecule has 1 atom stereocenters. The van der Waals surface area contributed by atoms with E-state index in [-0.39, 0.29) is 5.91 Å². The van der Waals surface area contributed by atoms with Crippen LogP contribution in [-0.2, 0) is 0 Å². The Morgan fingerprint density at radius 1 is 1.25 bits per heavy atom. The zero-order valence-electron chi connectivity index (χ0n) is 13.2. The third-order valence-electron chi connectivity index (χ3n) is 3.32. The molecule has 0 bridgehead atoms. The van der Waals surface area contributed by atoms with Crippen molar-refractivity contribution in [1.29, 1.82) is 0 Å². The molecule has 8 heteroatoms. The number of amides is 1. The van der Waals surface area contributed by atoms with E-state index in [2.05, 4.69) is 36.0 Å². The van der Waals surface area contributed by atoms with Gasteiger partial charge in [-0.1, -0.05) is 13.0 Å². The smallest absolute Gasteiger partial charge is 0.252 e. The minimum atomic E-state index is -0.408. The summed E-state index contributed by atoms with van der Waals surface area (Å²) >= 11 is 0. The maximum Gasteiger partial charge on any atom is 0.252 e. The number of amidine groups is 1. The number of azo groups is 1. The lowest BCUT2D eigenvalue weighted by Crippen LogP contribution is -2.24. The van der Waals surface area contributed by atoms with Gasteiger partial charge in [-0.15, -0.1) is 5.11 Å². The van der Waals surface area contributed by atoms with Crippen LogP contribution in [0.15, 0.2) is 58.1 Å². The first-order valence-electron chi connectivity index (χ1n) is 7.67. The molecule has 0 aliphatic carbocycles. The van der Waals surface area contributed by atoms with Crippen LogP contribution < -0.4 is 10.7 Å². The van der Waals surface area contributed by atoms with Crippen molar-refractivity contribution in [2.24, 2.45) is 15.3 Å². The standard InChI is InChI=1S/C16H17N7O/c1-2-8-18-16(24)11-6-7-13(19-10-11)15-22-20-14(21-23-15)12-5-3-4-9-17-12/h3-7,9-10,14,20H,2,8H2,1H3,(H,18,24). The van der Waals surface area contributed by atoms with Crippen LogP contribution in [-0.4, -0.2) is 28.3 Å². The molecular formula is C16H17N7O. The van der Waals surface area contributed by atoms with Gasteiger partial charge in [-0.05, 0) is 30.7 Å². The SMILES string of the molecule is CCCNC(=O)c1ccc(C2=NNC(c3ccccn3)N=N2)nc1. The van der Waals surface area contributed by atoms with Gasteiger partial charge in [0.25, 0.3) is 5.91 Å². The zero-order chi connectivity index (χ0) is 16.8. The summed E-state index contributed by atoms with van der Waals surface area (Å²) in [7, 11) is 0. The molecule has 3 rings (SSSR count). The van der Waals surface area contributed by atoms with E-state index in [1.54, 1.807) is 18.3 Å². The number of carbonyl (C=O) groups excluding carboxylic acids is 1. The van der Waals surface area contributed by atoms with E-state index in [0.29, 0.717) is 23.6 Å². The molecule has 0 saturated carbocycles. The Balaban J connectivity index is 1.67.